The van der Waals surface area contributed by atoms with Gasteiger partial charge in [0.25, 0.3) is 11.9 Å². The fraction of sp³-hybridized carbons (Fsp3) is 0.250. The lowest BCUT2D eigenvalue weighted by atomic mass is 9.87. The van der Waals surface area contributed by atoms with Crippen molar-refractivity contribution in [3.05, 3.63) is 59.2 Å². The number of rotatable bonds is 2. The van der Waals surface area contributed by atoms with Crippen molar-refractivity contribution in [3.8, 4) is 0 Å². The van der Waals surface area contributed by atoms with E-state index in [1.807, 2.05) is 32.9 Å². The maximum Gasteiger partial charge on any atom is 0.258 e. The van der Waals surface area contributed by atoms with Gasteiger partial charge in [-0.05, 0) is 23.1 Å². The van der Waals surface area contributed by atoms with Gasteiger partial charge in [-0.15, -0.1) is 0 Å². The van der Waals surface area contributed by atoms with Gasteiger partial charge in [-0.1, -0.05) is 32.9 Å². The van der Waals surface area contributed by atoms with Crippen LogP contribution < -0.4 is 5.32 Å². The van der Waals surface area contributed by atoms with Crippen LogP contribution in [0.25, 0.3) is 0 Å². The Morgan fingerprint density at radius 1 is 1.09 bits per heavy atom. The van der Waals surface area contributed by atoms with Gasteiger partial charge in [0.05, 0.1) is 5.56 Å². The van der Waals surface area contributed by atoms with E-state index in [4.69, 9.17) is 0 Å². The normalized spacial score (nSPS) is 11.4. The summed E-state index contributed by atoms with van der Waals surface area (Å²) in [6.07, 6.45) is 0. The first kappa shape index (κ1) is 16.0. The number of benzene rings is 1. The lowest BCUT2D eigenvalue weighted by molar-refractivity contribution is 0.102. The summed E-state index contributed by atoms with van der Waals surface area (Å²) in [4.78, 5) is 14.6. The molecule has 0 aliphatic heterocycles. The first-order valence-corrected chi connectivity index (χ1v) is 6.62. The molecule has 3 nitrogen and oxygen atoms in total. The van der Waals surface area contributed by atoms with Crippen LogP contribution in [0.4, 0.5) is 18.9 Å². The van der Waals surface area contributed by atoms with Gasteiger partial charge in [0.2, 0.25) is 5.95 Å². The molecule has 0 aliphatic rings. The van der Waals surface area contributed by atoms with Crippen LogP contribution in [0.5, 0.6) is 0 Å². The Hall–Kier alpha value is -2.37. The molecule has 0 atom stereocenters. The molecule has 1 heterocycles. The highest BCUT2D eigenvalue weighted by molar-refractivity contribution is 6.04. The Morgan fingerprint density at radius 2 is 1.68 bits per heavy atom. The van der Waals surface area contributed by atoms with Crippen LogP contribution in [0.15, 0.2) is 30.3 Å². The SMILES string of the molecule is CC(C)(C)c1ccc(NC(=O)c2cc(F)nc(F)c2F)cc1. The van der Waals surface area contributed by atoms with Crippen LogP contribution in [0, 0.1) is 17.7 Å². The van der Waals surface area contributed by atoms with E-state index in [9.17, 15) is 18.0 Å². The van der Waals surface area contributed by atoms with Gasteiger partial charge in [-0.25, -0.2) is 4.39 Å². The van der Waals surface area contributed by atoms with E-state index in [0.29, 0.717) is 11.8 Å². The van der Waals surface area contributed by atoms with Crippen LogP contribution in [0.1, 0.15) is 36.7 Å². The molecule has 0 radical (unpaired) electrons. The van der Waals surface area contributed by atoms with Crippen molar-refractivity contribution in [1.29, 1.82) is 0 Å². The van der Waals surface area contributed by atoms with Gasteiger partial charge in [-0.2, -0.15) is 13.8 Å². The van der Waals surface area contributed by atoms with Crippen LogP contribution in [-0.2, 0) is 5.41 Å². The van der Waals surface area contributed by atoms with Crippen LogP contribution in [0.2, 0.25) is 0 Å². The molecule has 0 aliphatic carbocycles. The first-order valence-electron chi connectivity index (χ1n) is 6.62. The maximum absolute atomic E-state index is 13.5. The Bertz CT molecular complexity index is 707. The molecule has 0 fully saturated rings. The number of anilines is 1. The fourth-order valence-corrected chi connectivity index (χ4v) is 1.89. The van der Waals surface area contributed by atoms with Crippen molar-refractivity contribution in [2.75, 3.05) is 5.32 Å². The minimum Gasteiger partial charge on any atom is -0.322 e. The van der Waals surface area contributed by atoms with Crippen LogP contribution >= 0.6 is 0 Å². The maximum atomic E-state index is 13.5. The van der Waals surface area contributed by atoms with E-state index in [1.54, 1.807) is 12.1 Å². The van der Waals surface area contributed by atoms with Crippen molar-refractivity contribution in [1.82, 2.24) is 4.98 Å². The number of hydrogen-bond donors (Lipinski definition) is 1. The molecule has 116 valence electrons. The zero-order chi connectivity index (χ0) is 16.5. The van der Waals surface area contributed by atoms with E-state index in [2.05, 4.69) is 10.3 Å². The van der Waals surface area contributed by atoms with E-state index < -0.39 is 29.2 Å². The predicted octanol–water partition coefficient (Wildman–Crippen LogP) is 4.05. The lowest BCUT2D eigenvalue weighted by Crippen LogP contribution is -2.16. The average molecular weight is 308 g/mol. The van der Waals surface area contributed by atoms with Crippen molar-refractivity contribution in [2.24, 2.45) is 0 Å². The van der Waals surface area contributed by atoms with Gasteiger partial charge in [0, 0.05) is 11.8 Å². The zero-order valence-electron chi connectivity index (χ0n) is 12.4. The Kier molecular flexibility index (Phi) is 4.21. The number of carbonyl (C=O) groups excluding carboxylic acids is 1. The van der Waals surface area contributed by atoms with E-state index in [-0.39, 0.29) is 5.41 Å². The molecule has 2 aromatic rings. The van der Waals surface area contributed by atoms with Gasteiger partial charge < -0.3 is 5.32 Å². The number of nitrogens with one attached hydrogen (secondary N) is 1. The van der Waals surface area contributed by atoms with Crippen molar-refractivity contribution >= 4 is 11.6 Å². The summed E-state index contributed by atoms with van der Waals surface area (Å²) < 4.78 is 39.5. The number of amides is 1. The number of nitrogens with zero attached hydrogens (tertiary/aromatic N) is 1. The number of carbonyl (C=O) groups is 1. The molecule has 22 heavy (non-hydrogen) atoms. The molecular formula is C16H15F3N2O. The van der Waals surface area contributed by atoms with E-state index in [1.165, 1.54) is 0 Å². The molecule has 1 N–H and O–H groups in total. The predicted molar refractivity (Wildman–Crippen MR) is 77.2 cm³/mol. The summed E-state index contributed by atoms with van der Waals surface area (Å²) in [5.41, 5.74) is 0.670. The standard InChI is InChI=1S/C16H15F3N2O/c1-16(2,3)9-4-6-10(7-5-9)20-15(22)11-8-12(17)21-14(19)13(11)18/h4-8H,1-3H3,(H,20,22). The summed E-state index contributed by atoms with van der Waals surface area (Å²) in [5.74, 6) is -5.33. The molecule has 0 saturated heterocycles. The largest absolute Gasteiger partial charge is 0.322 e. The number of pyridine rings is 1. The smallest absolute Gasteiger partial charge is 0.258 e. The summed E-state index contributed by atoms with van der Waals surface area (Å²) in [7, 11) is 0. The number of hydrogen-bond acceptors (Lipinski definition) is 2. The van der Waals surface area contributed by atoms with Gasteiger partial charge in [-0.3, -0.25) is 4.79 Å². The lowest BCUT2D eigenvalue weighted by Gasteiger charge is -2.19. The minimum atomic E-state index is -1.65. The zero-order valence-corrected chi connectivity index (χ0v) is 12.4. The first-order chi connectivity index (χ1) is 10.2. The van der Waals surface area contributed by atoms with Crippen LogP contribution in [-0.4, -0.2) is 10.9 Å². The second kappa shape index (κ2) is 5.79. The van der Waals surface area contributed by atoms with Crippen LogP contribution in [0.3, 0.4) is 0 Å². The Labute approximate surface area is 126 Å². The van der Waals surface area contributed by atoms with Crippen molar-refractivity contribution in [2.45, 2.75) is 26.2 Å². The van der Waals surface area contributed by atoms with E-state index in [0.717, 1.165) is 5.56 Å². The summed E-state index contributed by atoms with van der Waals surface area (Å²) in [6, 6.07) is 7.48. The monoisotopic (exact) mass is 308 g/mol. The van der Waals surface area contributed by atoms with Gasteiger partial charge in [0.15, 0.2) is 5.82 Å². The molecule has 2 rings (SSSR count). The third-order valence-corrected chi connectivity index (χ3v) is 3.14. The number of halogens is 3. The third kappa shape index (κ3) is 3.44. The molecule has 1 amide bonds. The van der Waals surface area contributed by atoms with Gasteiger partial charge in [0.1, 0.15) is 0 Å². The van der Waals surface area contributed by atoms with E-state index >= 15 is 0 Å². The highest BCUT2D eigenvalue weighted by Gasteiger charge is 2.19. The van der Waals surface area contributed by atoms with Gasteiger partial charge >= 0.3 is 0 Å². The third-order valence-electron chi connectivity index (χ3n) is 3.14. The highest BCUT2D eigenvalue weighted by atomic mass is 19.2. The Morgan fingerprint density at radius 3 is 2.23 bits per heavy atom. The molecule has 0 bridgehead atoms. The fourth-order valence-electron chi connectivity index (χ4n) is 1.89. The highest BCUT2D eigenvalue weighted by Crippen LogP contribution is 2.24. The summed E-state index contributed by atoms with van der Waals surface area (Å²) in [6.45, 7) is 6.12. The molecular weight excluding hydrogens is 293 g/mol. The topological polar surface area (TPSA) is 42.0 Å². The molecule has 6 heteroatoms. The Balaban J connectivity index is 2.23. The molecule has 0 unspecified atom stereocenters. The molecule has 0 spiro atoms. The second-order valence-corrected chi connectivity index (χ2v) is 5.88. The van der Waals surface area contributed by atoms with Crippen molar-refractivity contribution < 1.29 is 18.0 Å². The molecule has 1 aromatic carbocycles. The quantitative estimate of drug-likeness (QED) is 0.850. The average Bonchev–Trinajstić information content (AvgIpc) is 2.42. The molecule has 0 saturated carbocycles. The minimum absolute atomic E-state index is 0.0496. The number of aromatic nitrogens is 1. The molecule has 1 aromatic heterocycles. The summed E-state index contributed by atoms with van der Waals surface area (Å²) in [5, 5.41) is 2.39. The second-order valence-electron chi connectivity index (χ2n) is 5.88. The summed E-state index contributed by atoms with van der Waals surface area (Å²) >= 11 is 0. The van der Waals surface area contributed by atoms with Crippen molar-refractivity contribution in [3.63, 3.8) is 0 Å².